The van der Waals surface area contributed by atoms with Crippen LogP contribution in [0.5, 0.6) is 5.75 Å². The predicted molar refractivity (Wildman–Crippen MR) is 130 cm³/mol. The molecule has 36 heavy (non-hydrogen) atoms. The van der Waals surface area contributed by atoms with Gasteiger partial charge in [-0.3, -0.25) is 19.0 Å². The van der Waals surface area contributed by atoms with E-state index in [-0.39, 0.29) is 29.2 Å². The largest absolute Gasteiger partial charge is 0.497 e. The first kappa shape index (κ1) is 25.3. The van der Waals surface area contributed by atoms with Crippen molar-refractivity contribution in [2.75, 3.05) is 18.6 Å². The fraction of sp³-hybridized carbons (Fsp3) is 0.280. The minimum Gasteiger partial charge on any atom is -0.497 e. The Labute approximate surface area is 210 Å². The van der Waals surface area contributed by atoms with Gasteiger partial charge < -0.3 is 15.0 Å². The summed E-state index contributed by atoms with van der Waals surface area (Å²) in [5.41, 5.74) is -0.405. The van der Waals surface area contributed by atoms with E-state index in [9.17, 15) is 14.4 Å². The number of hydrogen-bond donors (Lipinski definition) is 1. The van der Waals surface area contributed by atoms with Crippen LogP contribution >= 0.6 is 11.6 Å². The number of hydrogen-bond acceptors (Lipinski definition) is 5. The number of halogens is 3. The van der Waals surface area contributed by atoms with Crippen LogP contribution in [0.15, 0.2) is 47.5 Å². The molecule has 2 atom stereocenters. The fourth-order valence-electron chi connectivity index (χ4n) is 4.31. The molecule has 188 valence electrons. The van der Waals surface area contributed by atoms with Crippen molar-refractivity contribution in [3.05, 3.63) is 86.6 Å². The lowest BCUT2D eigenvalue weighted by Crippen LogP contribution is -2.45. The van der Waals surface area contributed by atoms with Gasteiger partial charge in [0.05, 0.1) is 19.1 Å². The van der Waals surface area contributed by atoms with E-state index in [0.717, 1.165) is 17.0 Å². The molecule has 2 heterocycles. The summed E-state index contributed by atoms with van der Waals surface area (Å²) in [5.74, 6) is -4.38. The molecule has 1 N–H and O–H groups in total. The second-order valence-corrected chi connectivity index (χ2v) is 8.72. The molecule has 1 aliphatic heterocycles. The number of aromatic nitrogens is 2. The number of anilines is 1. The lowest BCUT2D eigenvalue weighted by atomic mass is 9.92. The van der Waals surface area contributed by atoms with Crippen molar-refractivity contribution in [1.82, 2.24) is 14.9 Å². The minimum absolute atomic E-state index is 0.00748. The maximum atomic E-state index is 15.1. The second-order valence-electron chi connectivity index (χ2n) is 8.29. The summed E-state index contributed by atoms with van der Waals surface area (Å²) in [6.45, 7) is 3.36. The first-order valence-corrected chi connectivity index (χ1v) is 11.5. The molecule has 1 aromatic heterocycles. The standard InChI is InChI=1S/C25H23ClF2N4O4/c1-4-31-12-29-13(2)22(25(31)35)32-11-17(20-18(27)9-16(36-3)10-19(20)28)21(24(32)34)30-23(33)14-5-7-15(26)8-6-14/h5-10,12,17,21H,4,11H2,1-3H3,(H,30,33)/t17-,21?/m0/s1. The van der Waals surface area contributed by atoms with E-state index in [1.54, 1.807) is 13.8 Å². The highest BCUT2D eigenvalue weighted by Crippen LogP contribution is 2.36. The quantitative estimate of drug-likeness (QED) is 0.542. The van der Waals surface area contributed by atoms with Crippen molar-refractivity contribution >= 4 is 29.1 Å². The van der Waals surface area contributed by atoms with Crippen LogP contribution in [0.3, 0.4) is 0 Å². The van der Waals surface area contributed by atoms with Gasteiger partial charge in [-0.2, -0.15) is 0 Å². The van der Waals surface area contributed by atoms with Gasteiger partial charge in [0.1, 0.15) is 29.1 Å². The Morgan fingerprint density at radius 3 is 2.42 bits per heavy atom. The summed E-state index contributed by atoms with van der Waals surface area (Å²) in [7, 11) is 1.27. The van der Waals surface area contributed by atoms with Gasteiger partial charge in [0.2, 0.25) is 0 Å². The van der Waals surface area contributed by atoms with Gasteiger partial charge >= 0.3 is 0 Å². The second kappa shape index (κ2) is 10.1. The zero-order valence-electron chi connectivity index (χ0n) is 19.7. The normalized spacial score (nSPS) is 17.4. The number of amides is 2. The highest BCUT2D eigenvalue weighted by Gasteiger charge is 2.46. The third-order valence-electron chi connectivity index (χ3n) is 6.17. The Balaban J connectivity index is 1.81. The summed E-state index contributed by atoms with van der Waals surface area (Å²) in [5, 5.41) is 3.01. The zero-order chi connectivity index (χ0) is 26.1. The molecule has 0 radical (unpaired) electrons. The van der Waals surface area contributed by atoms with Crippen LogP contribution in [-0.4, -0.2) is 41.1 Å². The molecule has 0 bridgehead atoms. The van der Waals surface area contributed by atoms with Crippen LogP contribution in [0.2, 0.25) is 5.02 Å². The van der Waals surface area contributed by atoms with Crippen molar-refractivity contribution < 1.29 is 23.1 Å². The number of benzene rings is 2. The van der Waals surface area contributed by atoms with Gasteiger partial charge in [-0.05, 0) is 38.1 Å². The number of ether oxygens (including phenoxy) is 1. The maximum Gasteiger partial charge on any atom is 0.277 e. The highest BCUT2D eigenvalue weighted by molar-refractivity contribution is 6.30. The molecular weight excluding hydrogens is 494 g/mol. The Hall–Kier alpha value is -3.79. The summed E-state index contributed by atoms with van der Waals surface area (Å²) in [6, 6.07) is 6.58. The Morgan fingerprint density at radius 2 is 1.83 bits per heavy atom. The van der Waals surface area contributed by atoms with E-state index in [2.05, 4.69) is 10.3 Å². The molecule has 0 spiro atoms. The number of nitrogens with one attached hydrogen (secondary N) is 1. The van der Waals surface area contributed by atoms with Gasteiger partial charge in [-0.1, -0.05) is 11.6 Å². The predicted octanol–water partition coefficient (Wildman–Crippen LogP) is 3.44. The van der Waals surface area contributed by atoms with E-state index in [1.807, 2.05) is 0 Å². The van der Waals surface area contributed by atoms with E-state index < -0.39 is 46.5 Å². The van der Waals surface area contributed by atoms with Crippen LogP contribution in [0.1, 0.15) is 34.5 Å². The number of carbonyl (C=O) groups is 2. The molecule has 1 unspecified atom stereocenters. The monoisotopic (exact) mass is 516 g/mol. The number of rotatable bonds is 6. The van der Waals surface area contributed by atoms with E-state index in [0.29, 0.717) is 11.6 Å². The molecule has 2 amide bonds. The molecular formula is C25H23ClF2N4O4. The molecule has 1 fully saturated rings. The minimum atomic E-state index is -1.36. The number of nitrogens with zero attached hydrogens (tertiary/aromatic N) is 3. The van der Waals surface area contributed by atoms with Crippen molar-refractivity contribution in [1.29, 1.82) is 0 Å². The fourth-order valence-corrected chi connectivity index (χ4v) is 4.44. The van der Waals surface area contributed by atoms with Gasteiger partial charge in [-0.25, -0.2) is 13.8 Å². The zero-order valence-corrected chi connectivity index (χ0v) is 20.5. The van der Waals surface area contributed by atoms with Crippen LogP contribution in [0.4, 0.5) is 14.5 Å². The van der Waals surface area contributed by atoms with Crippen LogP contribution in [-0.2, 0) is 11.3 Å². The van der Waals surface area contributed by atoms with Gasteiger partial charge in [-0.15, -0.1) is 0 Å². The average Bonchev–Trinajstić information content (AvgIpc) is 3.14. The van der Waals surface area contributed by atoms with Crippen molar-refractivity contribution in [2.45, 2.75) is 32.4 Å². The lowest BCUT2D eigenvalue weighted by Gasteiger charge is -2.20. The molecule has 3 aromatic rings. The van der Waals surface area contributed by atoms with Crippen LogP contribution in [0, 0.1) is 18.6 Å². The van der Waals surface area contributed by atoms with Crippen molar-refractivity contribution in [2.24, 2.45) is 0 Å². The molecule has 1 saturated heterocycles. The van der Waals surface area contributed by atoms with E-state index in [4.69, 9.17) is 16.3 Å². The summed E-state index contributed by atoms with van der Waals surface area (Å²) in [6.07, 6.45) is 1.36. The maximum absolute atomic E-state index is 15.1. The Morgan fingerprint density at radius 1 is 1.19 bits per heavy atom. The van der Waals surface area contributed by atoms with E-state index >= 15 is 8.78 Å². The summed E-state index contributed by atoms with van der Waals surface area (Å²) in [4.78, 5) is 45.0. The summed E-state index contributed by atoms with van der Waals surface area (Å²) < 4.78 is 36.5. The molecule has 4 rings (SSSR count). The molecule has 2 aromatic carbocycles. The van der Waals surface area contributed by atoms with Gasteiger partial charge in [0, 0.05) is 47.3 Å². The SMILES string of the molecule is CCn1cnc(C)c(N2C[C@@H](c3c(F)cc(OC)cc3F)C(NC(=O)c3ccc(Cl)cc3)C2=O)c1=O. The van der Waals surface area contributed by atoms with Crippen molar-refractivity contribution in [3.63, 3.8) is 0 Å². The smallest absolute Gasteiger partial charge is 0.277 e. The lowest BCUT2D eigenvalue weighted by molar-refractivity contribution is -0.118. The van der Waals surface area contributed by atoms with Crippen LogP contribution < -0.4 is 20.5 Å². The number of aryl methyl sites for hydroxylation is 2. The van der Waals surface area contributed by atoms with Gasteiger partial charge in [0.15, 0.2) is 0 Å². The number of methoxy groups -OCH3 is 1. The van der Waals surface area contributed by atoms with Crippen molar-refractivity contribution in [3.8, 4) is 5.75 Å². The highest BCUT2D eigenvalue weighted by atomic mass is 35.5. The van der Waals surface area contributed by atoms with Gasteiger partial charge in [0.25, 0.3) is 17.4 Å². The first-order chi connectivity index (χ1) is 17.2. The van der Waals surface area contributed by atoms with Crippen LogP contribution in [0.25, 0.3) is 0 Å². The average molecular weight is 517 g/mol. The van der Waals surface area contributed by atoms with E-state index in [1.165, 1.54) is 42.3 Å². The Kier molecular flexibility index (Phi) is 7.07. The third kappa shape index (κ3) is 4.56. The molecule has 11 heteroatoms. The molecule has 0 saturated carbocycles. The third-order valence-corrected chi connectivity index (χ3v) is 6.43. The number of carbonyl (C=O) groups excluding carboxylic acids is 2. The molecule has 8 nitrogen and oxygen atoms in total. The Bertz CT molecular complexity index is 1370. The first-order valence-electron chi connectivity index (χ1n) is 11.1. The summed E-state index contributed by atoms with van der Waals surface area (Å²) >= 11 is 5.89. The topological polar surface area (TPSA) is 93.5 Å². The molecule has 1 aliphatic rings. The molecule has 0 aliphatic carbocycles.